The van der Waals surface area contributed by atoms with Crippen molar-refractivity contribution in [1.82, 2.24) is 4.98 Å². The van der Waals surface area contributed by atoms with Crippen LogP contribution >= 0.6 is 11.6 Å². The molecule has 2 rings (SSSR count). The number of hydrogen-bond donors (Lipinski definition) is 1. The summed E-state index contributed by atoms with van der Waals surface area (Å²) in [6.45, 7) is 0.288. The third kappa shape index (κ3) is 3.21. The van der Waals surface area contributed by atoms with Gasteiger partial charge < -0.3 is 9.84 Å². The monoisotopic (exact) mass is 263 g/mol. The Kier molecular flexibility index (Phi) is 3.79. The molecule has 0 atom stereocenters. The van der Waals surface area contributed by atoms with Gasteiger partial charge >= 0.3 is 5.97 Å². The zero-order valence-electron chi connectivity index (χ0n) is 9.34. The van der Waals surface area contributed by atoms with E-state index in [0.29, 0.717) is 5.02 Å². The Hall–Kier alpha value is -2.07. The second kappa shape index (κ2) is 5.51. The molecule has 0 aliphatic rings. The summed E-state index contributed by atoms with van der Waals surface area (Å²) in [6, 6.07) is 11.8. The Balaban J connectivity index is 2.06. The number of pyridine rings is 1. The zero-order chi connectivity index (χ0) is 13.0. The fraction of sp³-hybridized carbons (Fsp3) is 0.0769. The van der Waals surface area contributed by atoms with E-state index in [0.717, 1.165) is 5.56 Å². The maximum absolute atomic E-state index is 10.7. The third-order valence-corrected chi connectivity index (χ3v) is 2.45. The largest absolute Gasteiger partial charge is 0.477 e. The Morgan fingerprint density at radius 3 is 2.78 bits per heavy atom. The Bertz CT molecular complexity index is 572. The van der Waals surface area contributed by atoms with Gasteiger partial charge in [-0.1, -0.05) is 29.8 Å². The minimum atomic E-state index is -1.08. The number of carbonyl (C=O) groups is 1. The van der Waals surface area contributed by atoms with Gasteiger partial charge in [0.1, 0.15) is 6.61 Å². The molecule has 0 fully saturated rings. The minimum Gasteiger partial charge on any atom is -0.477 e. The molecule has 0 radical (unpaired) electrons. The molecule has 0 aliphatic carbocycles. The topological polar surface area (TPSA) is 59.4 Å². The van der Waals surface area contributed by atoms with E-state index >= 15 is 0 Å². The Morgan fingerprint density at radius 2 is 2.06 bits per heavy atom. The van der Waals surface area contributed by atoms with Crippen molar-refractivity contribution in [1.29, 1.82) is 0 Å². The molecule has 1 heterocycles. The normalized spacial score (nSPS) is 10.1. The van der Waals surface area contributed by atoms with Crippen LogP contribution in [0.25, 0.3) is 0 Å². The number of rotatable bonds is 4. The number of hydrogen-bond acceptors (Lipinski definition) is 3. The first-order chi connectivity index (χ1) is 8.65. The van der Waals surface area contributed by atoms with Crippen LogP contribution in [0.5, 0.6) is 5.88 Å². The molecule has 5 heteroatoms. The summed E-state index contributed by atoms with van der Waals surface area (Å²) in [6.07, 6.45) is 0. The van der Waals surface area contributed by atoms with Crippen molar-refractivity contribution in [3.8, 4) is 5.88 Å². The van der Waals surface area contributed by atoms with Gasteiger partial charge in [-0.2, -0.15) is 0 Å². The predicted octanol–water partition coefficient (Wildman–Crippen LogP) is 3.01. The van der Waals surface area contributed by atoms with Gasteiger partial charge in [-0.15, -0.1) is 0 Å². The van der Waals surface area contributed by atoms with E-state index < -0.39 is 5.97 Å². The van der Waals surface area contributed by atoms with E-state index in [2.05, 4.69) is 4.98 Å². The SMILES string of the molecule is O=C(O)c1cccc(OCc2cccc(Cl)c2)n1. The first-order valence-electron chi connectivity index (χ1n) is 5.23. The van der Waals surface area contributed by atoms with E-state index in [-0.39, 0.29) is 18.2 Å². The van der Waals surface area contributed by atoms with Crippen molar-refractivity contribution in [2.24, 2.45) is 0 Å². The van der Waals surface area contributed by atoms with Gasteiger partial charge in [-0.05, 0) is 23.8 Å². The van der Waals surface area contributed by atoms with Crippen LogP contribution in [0.3, 0.4) is 0 Å². The molecular formula is C13H10ClNO3. The first-order valence-corrected chi connectivity index (χ1v) is 5.60. The summed E-state index contributed by atoms with van der Waals surface area (Å²) in [7, 11) is 0. The van der Waals surface area contributed by atoms with Crippen molar-refractivity contribution in [2.75, 3.05) is 0 Å². The summed E-state index contributed by atoms with van der Waals surface area (Å²) < 4.78 is 5.40. The van der Waals surface area contributed by atoms with Crippen LogP contribution in [0.15, 0.2) is 42.5 Å². The number of ether oxygens (including phenoxy) is 1. The van der Waals surface area contributed by atoms with E-state index in [1.54, 1.807) is 24.3 Å². The number of aromatic carboxylic acids is 1. The lowest BCUT2D eigenvalue weighted by Gasteiger charge is -2.06. The van der Waals surface area contributed by atoms with Gasteiger partial charge in [0.05, 0.1) is 0 Å². The van der Waals surface area contributed by atoms with Crippen LogP contribution in [-0.2, 0) is 6.61 Å². The molecule has 0 bridgehead atoms. The average molecular weight is 264 g/mol. The first kappa shape index (κ1) is 12.4. The molecule has 0 spiro atoms. The summed E-state index contributed by atoms with van der Waals surface area (Å²) in [5.74, 6) is -0.807. The highest BCUT2D eigenvalue weighted by Gasteiger charge is 2.05. The van der Waals surface area contributed by atoms with Crippen molar-refractivity contribution in [3.05, 3.63) is 58.7 Å². The Morgan fingerprint density at radius 1 is 1.28 bits per heavy atom. The van der Waals surface area contributed by atoms with Gasteiger partial charge in [0.2, 0.25) is 5.88 Å². The summed E-state index contributed by atoms with van der Waals surface area (Å²) >= 11 is 5.84. The molecule has 0 saturated heterocycles. The van der Waals surface area contributed by atoms with E-state index in [1.807, 2.05) is 12.1 Å². The van der Waals surface area contributed by atoms with Crippen LogP contribution in [0.1, 0.15) is 16.1 Å². The quantitative estimate of drug-likeness (QED) is 0.921. The predicted molar refractivity (Wildman–Crippen MR) is 67.0 cm³/mol. The molecule has 18 heavy (non-hydrogen) atoms. The number of benzene rings is 1. The third-order valence-electron chi connectivity index (χ3n) is 2.22. The number of carboxylic acid groups (broad SMARTS) is 1. The van der Waals surface area contributed by atoms with Crippen LogP contribution in [0.2, 0.25) is 5.02 Å². The summed E-state index contributed by atoms with van der Waals surface area (Å²) in [4.78, 5) is 14.6. The van der Waals surface area contributed by atoms with Crippen LogP contribution < -0.4 is 4.74 Å². The molecule has 2 aromatic rings. The molecule has 0 amide bonds. The van der Waals surface area contributed by atoms with Crippen molar-refractivity contribution in [2.45, 2.75) is 6.61 Å². The summed E-state index contributed by atoms with van der Waals surface area (Å²) in [5, 5.41) is 9.42. The van der Waals surface area contributed by atoms with Gasteiger partial charge in [-0.25, -0.2) is 9.78 Å². The lowest BCUT2D eigenvalue weighted by molar-refractivity contribution is 0.0689. The average Bonchev–Trinajstić information content (AvgIpc) is 2.37. The zero-order valence-corrected chi connectivity index (χ0v) is 10.1. The number of nitrogens with zero attached hydrogens (tertiary/aromatic N) is 1. The second-order valence-electron chi connectivity index (χ2n) is 3.58. The van der Waals surface area contributed by atoms with E-state index in [4.69, 9.17) is 21.4 Å². The molecule has 92 valence electrons. The molecule has 0 aliphatic heterocycles. The van der Waals surface area contributed by atoms with Crippen LogP contribution in [0, 0.1) is 0 Å². The maximum atomic E-state index is 10.7. The lowest BCUT2D eigenvalue weighted by Crippen LogP contribution is -2.03. The summed E-state index contributed by atoms with van der Waals surface area (Å²) in [5.41, 5.74) is 0.851. The second-order valence-corrected chi connectivity index (χ2v) is 4.02. The van der Waals surface area contributed by atoms with Gasteiger partial charge in [0.15, 0.2) is 5.69 Å². The molecule has 0 saturated carbocycles. The molecule has 1 aromatic heterocycles. The van der Waals surface area contributed by atoms with E-state index in [9.17, 15) is 4.79 Å². The van der Waals surface area contributed by atoms with Crippen LogP contribution in [-0.4, -0.2) is 16.1 Å². The molecule has 1 N–H and O–H groups in total. The molecule has 4 nitrogen and oxygen atoms in total. The maximum Gasteiger partial charge on any atom is 0.354 e. The number of aromatic nitrogens is 1. The fourth-order valence-electron chi connectivity index (χ4n) is 1.40. The minimum absolute atomic E-state index is 0.0430. The van der Waals surface area contributed by atoms with Crippen molar-refractivity contribution in [3.63, 3.8) is 0 Å². The fourth-order valence-corrected chi connectivity index (χ4v) is 1.61. The highest BCUT2D eigenvalue weighted by Crippen LogP contribution is 2.14. The molecule has 0 unspecified atom stereocenters. The number of carboxylic acids is 1. The van der Waals surface area contributed by atoms with Crippen molar-refractivity contribution >= 4 is 17.6 Å². The smallest absolute Gasteiger partial charge is 0.354 e. The van der Waals surface area contributed by atoms with E-state index in [1.165, 1.54) is 6.07 Å². The Labute approximate surface area is 109 Å². The molecular weight excluding hydrogens is 254 g/mol. The highest BCUT2D eigenvalue weighted by molar-refractivity contribution is 6.30. The standard InChI is InChI=1S/C13H10ClNO3/c14-10-4-1-3-9(7-10)8-18-12-6-2-5-11(15-12)13(16)17/h1-7H,8H2,(H,16,17). The van der Waals surface area contributed by atoms with Crippen LogP contribution in [0.4, 0.5) is 0 Å². The highest BCUT2D eigenvalue weighted by atomic mass is 35.5. The molecule has 1 aromatic carbocycles. The van der Waals surface area contributed by atoms with Crippen molar-refractivity contribution < 1.29 is 14.6 Å². The van der Waals surface area contributed by atoms with Gasteiger partial charge in [0, 0.05) is 11.1 Å². The van der Waals surface area contributed by atoms with Gasteiger partial charge in [-0.3, -0.25) is 0 Å². The lowest BCUT2D eigenvalue weighted by atomic mass is 10.2. The number of halogens is 1. The van der Waals surface area contributed by atoms with Gasteiger partial charge in [0.25, 0.3) is 0 Å².